The third-order valence-corrected chi connectivity index (χ3v) is 9.07. The highest BCUT2D eigenvalue weighted by atomic mass is 32.2. The minimum atomic E-state index is -3.19. The molecule has 10 heteroatoms. The molecule has 33 heavy (non-hydrogen) atoms. The van der Waals surface area contributed by atoms with Gasteiger partial charge in [0.2, 0.25) is 15.9 Å². The standard InChI is InChI=1S/C23H27N5O3S2/c1-4-33(30,31)27-11-9-17(10-12-27)25-23(29)16(3)32-21-13-15(2)18(14-24)22-26-19-7-5-6-8-20(19)28(21)22/h5-8,13,16-17H,4,9-12H2,1-3H3,(H,25,29)/t16-/m1/s1. The van der Waals surface area contributed by atoms with Gasteiger partial charge in [0.1, 0.15) is 6.07 Å². The summed E-state index contributed by atoms with van der Waals surface area (Å²) in [4.78, 5) is 17.6. The van der Waals surface area contributed by atoms with Crippen LogP contribution in [0, 0.1) is 18.3 Å². The molecule has 1 saturated heterocycles. The van der Waals surface area contributed by atoms with Crippen LogP contribution in [-0.2, 0) is 14.8 Å². The third-order valence-electron chi connectivity index (χ3n) is 6.08. The number of carbonyl (C=O) groups excluding carboxylic acids is 1. The fourth-order valence-electron chi connectivity index (χ4n) is 4.15. The monoisotopic (exact) mass is 485 g/mol. The summed E-state index contributed by atoms with van der Waals surface area (Å²) in [6, 6.07) is 11.9. The lowest BCUT2D eigenvalue weighted by atomic mass is 10.1. The summed E-state index contributed by atoms with van der Waals surface area (Å²) in [5.41, 5.74) is 3.63. The molecule has 1 N–H and O–H groups in total. The quantitative estimate of drug-likeness (QED) is 0.538. The van der Waals surface area contributed by atoms with Crippen molar-refractivity contribution in [3.05, 3.63) is 41.5 Å². The fourth-order valence-corrected chi connectivity index (χ4v) is 6.36. The number of sulfonamides is 1. The number of benzene rings is 1. The van der Waals surface area contributed by atoms with Gasteiger partial charge in [-0.2, -0.15) is 5.26 Å². The van der Waals surface area contributed by atoms with E-state index in [1.54, 1.807) is 6.92 Å². The van der Waals surface area contributed by atoms with Crippen LogP contribution in [0.15, 0.2) is 35.4 Å². The maximum Gasteiger partial charge on any atom is 0.233 e. The Balaban J connectivity index is 1.52. The van der Waals surface area contributed by atoms with E-state index >= 15 is 0 Å². The number of nitriles is 1. The lowest BCUT2D eigenvalue weighted by molar-refractivity contribution is -0.121. The van der Waals surface area contributed by atoms with E-state index in [0.29, 0.717) is 37.1 Å². The van der Waals surface area contributed by atoms with Crippen molar-refractivity contribution < 1.29 is 13.2 Å². The van der Waals surface area contributed by atoms with Crippen molar-refractivity contribution in [2.75, 3.05) is 18.8 Å². The van der Waals surface area contributed by atoms with Crippen LogP contribution in [0.4, 0.5) is 0 Å². The average Bonchev–Trinajstić information content (AvgIpc) is 3.19. The Kier molecular flexibility index (Phi) is 6.66. The van der Waals surface area contributed by atoms with Crippen molar-refractivity contribution in [1.82, 2.24) is 19.0 Å². The zero-order valence-corrected chi connectivity index (χ0v) is 20.5. The van der Waals surface area contributed by atoms with Crippen LogP contribution in [0.1, 0.15) is 37.8 Å². The van der Waals surface area contributed by atoms with Crippen LogP contribution in [-0.4, -0.2) is 58.1 Å². The van der Waals surface area contributed by atoms with Crippen molar-refractivity contribution in [3.8, 4) is 6.07 Å². The molecule has 0 aliphatic carbocycles. The summed E-state index contributed by atoms with van der Waals surface area (Å²) < 4.78 is 27.6. The second-order valence-electron chi connectivity index (χ2n) is 8.25. The number of fused-ring (bicyclic) bond motifs is 3. The number of piperidine rings is 1. The molecule has 1 aromatic carbocycles. The number of hydrogen-bond donors (Lipinski definition) is 1. The molecule has 2 aromatic heterocycles. The molecule has 3 aromatic rings. The number of nitrogens with one attached hydrogen (secondary N) is 1. The lowest BCUT2D eigenvalue weighted by Gasteiger charge is -2.31. The molecule has 8 nitrogen and oxygen atoms in total. The highest BCUT2D eigenvalue weighted by Gasteiger charge is 2.29. The van der Waals surface area contributed by atoms with Gasteiger partial charge in [0.25, 0.3) is 0 Å². The first kappa shape index (κ1) is 23.5. The molecule has 1 aliphatic rings. The summed E-state index contributed by atoms with van der Waals surface area (Å²) in [5.74, 6) is 0.00966. The Morgan fingerprint density at radius 3 is 2.70 bits per heavy atom. The highest BCUT2D eigenvalue weighted by Crippen LogP contribution is 2.31. The number of aromatic nitrogens is 2. The maximum atomic E-state index is 13.0. The molecule has 1 atom stereocenters. The zero-order chi connectivity index (χ0) is 23.8. The van der Waals surface area contributed by atoms with Crippen LogP contribution in [0.2, 0.25) is 0 Å². The van der Waals surface area contributed by atoms with Gasteiger partial charge in [-0.3, -0.25) is 9.20 Å². The van der Waals surface area contributed by atoms with Crippen molar-refractivity contribution in [2.24, 2.45) is 0 Å². The molecule has 3 heterocycles. The molecule has 174 valence electrons. The van der Waals surface area contributed by atoms with Gasteiger partial charge in [0.15, 0.2) is 5.65 Å². The number of hydrogen-bond acceptors (Lipinski definition) is 6. The molecule has 1 fully saturated rings. The predicted octanol–water partition coefficient (Wildman–Crippen LogP) is 3.08. The van der Waals surface area contributed by atoms with E-state index in [-0.39, 0.29) is 23.0 Å². The fraction of sp³-hybridized carbons (Fsp3) is 0.435. The van der Waals surface area contributed by atoms with Crippen molar-refractivity contribution in [1.29, 1.82) is 5.26 Å². The number of thioether (sulfide) groups is 1. The average molecular weight is 486 g/mol. The predicted molar refractivity (Wildman–Crippen MR) is 130 cm³/mol. The largest absolute Gasteiger partial charge is 0.352 e. The smallest absolute Gasteiger partial charge is 0.233 e. The second kappa shape index (κ2) is 9.33. The second-order valence-corrected chi connectivity index (χ2v) is 11.9. The first-order valence-electron chi connectivity index (χ1n) is 11.0. The molecular weight excluding hydrogens is 458 g/mol. The van der Waals surface area contributed by atoms with Crippen LogP contribution in [0.5, 0.6) is 0 Å². The van der Waals surface area contributed by atoms with Crippen LogP contribution in [0.3, 0.4) is 0 Å². The van der Waals surface area contributed by atoms with Gasteiger partial charge in [-0.05, 0) is 57.4 Å². The number of aryl methyl sites for hydroxylation is 1. The van der Waals surface area contributed by atoms with E-state index in [2.05, 4.69) is 16.4 Å². The number of para-hydroxylation sites is 2. The van der Waals surface area contributed by atoms with Gasteiger partial charge >= 0.3 is 0 Å². The van der Waals surface area contributed by atoms with E-state index in [4.69, 9.17) is 0 Å². The number of rotatable bonds is 6. The molecule has 0 spiro atoms. The summed E-state index contributed by atoms with van der Waals surface area (Å²) in [7, 11) is -3.19. The van der Waals surface area contributed by atoms with Crippen molar-refractivity contribution >= 4 is 44.4 Å². The maximum absolute atomic E-state index is 13.0. The van der Waals surface area contributed by atoms with Gasteiger partial charge < -0.3 is 5.32 Å². The Morgan fingerprint density at radius 1 is 1.33 bits per heavy atom. The number of nitrogens with zero attached hydrogens (tertiary/aromatic N) is 4. The first-order valence-corrected chi connectivity index (χ1v) is 13.5. The van der Waals surface area contributed by atoms with Gasteiger partial charge in [0, 0.05) is 19.1 Å². The Morgan fingerprint density at radius 2 is 2.03 bits per heavy atom. The summed E-state index contributed by atoms with van der Waals surface area (Å²) in [5, 5.41) is 13.2. The van der Waals surface area contributed by atoms with Crippen LogP contribution in [0.25, 0.3) is 16.7 Å². The number of imidazole rings is 1. The zero-order valence-electron chi connectivity index (χ0n) is 18.9. The Labute approximate surface area is 198 Å². The molecule has 0 saturated carbocycles. The minimum Gasteiger partial charge on any atom is -0.352 e. The van der Waals surface area contributed by atoms with Crippen molar-refractivity contribution in [3.63, 3.8) is 0 Å². The van der Waals surface area contributed by atoms with E-state index in [1.807, 2.05) is 48.6 Å². The summed E-state index contributed by atoms with van der Waals surface area (Å²) in [6.45, 7) is 6.24. The molecule has 1 amide bonds. The Bertz CT molecular complexity index is 1350. The molecular formula is C23H27N5O3S2. The minimum absolute atomic E-state index is 0.0411. The molecule has 0 radical (unpaired) electrons. The summed E-state index contributed by atoms with van der Waals surface area (Å²) in [6.07, 6.45) is 1.21. The van der Waals surface area contributed by atoms with Gasteiger partial charge in [0.05, 0.1) is 32.6 Å². The van der Waals surface area contributed by atoms with Gasteiger partial charge in [-0.25, -0.2) is 17.7 Å². The van der Waals surface area contributed by atoms with Crippen LogP contribution >= 0.6 is 11.8 Å². The lowest BCUT2D eigenvalue weighted by Crippen LogP contribution is -2.48. The number of pyridine rings is 1. The molecule has 4 rings (SSSR count). The first-order chi connectivity index (χ1) is 15.7. The van der Waals surface area contributed by atoms with E-state index in [0.717, 1.165) is 21.6 Å². The van der Waals surface area contributed by atoms with Crippen molar-refractivity contribution in [2.45, 2.75) is 49.9 Å². The van der Waals surface area contributed by atoms with Crippen LogP contribution < -0.4 is 5.32 Å². The third kappa shape index (κ3) is 4.58. The summed E-state index contributed by atoms with van der Waals surface area (Å²) >= 11 is 1.43. The number of amides is 1. The number of carbonyl (C=O) groups is 1. The molecule has 0 bridgehead atoms. The van der Waals surface area contributed by atoms with E-state index < -0.39 is 10.0 Å². The molecule has 1 aliphatic heterocycles. The SMILES string of the molecule is CCS(=O)(=O)N1CCC(NC(=O)[C@@H](C)Sc2cc(C)c(C#N)c3nc4ccccc4n23)CC1. The van der Waals surface area contributed by atoms with E-state index in [1.165, 1.54) is 16.1 Å². The normalized spacial score (nSPS) is 16.7. The molecule has 0 unspecified atom stereocenters. The van der Waals surface area contributed by atoms with Gasteiger partial charge in [-0.1, -0.05) is 23.9 Å². The Hall–Kier alpha value is -2.61. The van der Waals surface area contributed by atoms with Gasteiger partial charge in [-0.15, -0.1) is 0 Å². The van der Waals surface area contributed by atoms with E-state index in [9.17, 15) is 18.5 Å². The highest BCUT2D eigenvalue weighted by molar-refractivity contribution is 8.00. The topological polar surface area (TPSA) is 108 Å².